The molecular weight excluding hydrogens is 562 g/mol. The number of nitrogens with one attached hydrogen (secondary N) is 3. The number of imidazole rings is 1. The molecule has 0 unspecified atom stereocenters. The number of pyridine rings is 1. The first-order chi connectivity index (χ1) is 19.8. The number of carbonyl (C=O) groups is 1. The number of para-hydroxylation sites is 2. The molecule has 0 aliphatic rings. The molecule has 6 rings (SSSR count). The highest BCUT2D eigenvalue weighted by Gasteiger charge is 2.21. The lowest BCUT2D eigenvalue weighted by Crippen LogP contribution is -2.24. The highest BCUT2D eigenvalue weighted by molar-refractivity contribution is 6.31. The molecule has 6 aromatic rings. The Bertz CT molecular complexity index is 2000. The van der Waals surface area contributed by atoms with Crippen LogP contribution in [0.15, 0.2) is 64.0 Å². The summed E-state index contributed by atoms with van der Waals surface area (Å²) in [5.41, 5.74) is 3.56. The lowest BCUT2D eigenvalue weighted by Gasteiger charge is -2.12. The van der Waals surface area contributed by atoms with E-state index in [-0.39, 0.29) is 51.5 Å². The zero-order valence-electron chi connectivity index (χ0n) is 20.9. The van der Waals surface area contributed by atoms with Crippen molar-refractivity contribution in [2.24, 2.45) is 7.05 Å². The third-order valence-electron chi connectivity index (χ3n) is 5.95. The highest BCUT2D eigenvalue weighted by Crippen LogP contribution is 2.35. The molecule has 2 aromatic carbocycles. The van der Waals surface area contributed by atoms with Crippen LogP contribution in [0, 0.1) is 11.6 Å². The van der Waals surface area contributed by atoms with Crippen LogP contribution in [0.1, 0.15) is 16.2 Å². The second-order valence-electron chi connectivity index (χ2n) is 8.70. The van der Waals surface area contributed by atoms with Gasteiger partial charge in [0.2, 0.25) is 17.5 Å². The smallest absolute Gasteiger partial charge is 0.308 e. The highest BCUT2D eigenvalue weighted by atomic mass is 35.5. The molecular formula is C25H17ClF2N10O3. The van der Waals surface area contributed by atoms with Crippen LogP contribution < -0.4 is 16.3 Å². The number of fused-ring (bicyclic) bond motifs is 1. The number of hydrogen-bond donors (Lipinski definition) is 3. The molecule has 206 valence electrons. The van der Waals surface area contributed by atoms with E-state index in [4.69, 9.17) is 16.1 Å². The zero-order valence-corrected chi connectivity index (χ0v) is 21.6. The molecule has 3 N–H and O–H groups in total. The number of benzene rings is 2. The van der Waals surface area contributed by atoms with Gasteiger partial charge in [-0.15, -0.1) is 10.2 Å². The molecule has 0 spiro atoms. The molecule has 0 radical (unpaired) electrons. The van der Waals surface area contributed by atoms with E-state index >= 15 is 4.39 Å². The molecule has 16 heteroatoms. The minimum absolute atomic E-state index is 0.00248. The Balaban J connectivity index is 1.29. The molecule has 0 aliphatic carbocycles. The summed E-state index contributed by atoms with van der Waals surface area (Å²) < 4.78 is 36.4. The Labute approximate surface area is 232 Å². The second-order valence-corrected chi connectivity index (χ2v) is 9.13. The van der Waals surface area contributed by atoms with Gasteiger partial charge >= 0.3 is 5.91 Å². The van der Waals surface area contributed by atoms with Crippen LogP contribution in [0.5, 0.6) is 0 Å². The van der Waals surface area contributed by atoms with Gasteiger partial charge in [-0.2, -0.15) is 9.95 Å². The Kier molecular flexibility index (Phi) is 6.47. The summed E-state index contributed by atoms with van der Waals surface area (Å²) in [5.74, 6) is -2.19. The minimum atomic E-state index is -0.717. The molecule has 0 aliphatic heterocycles. The van der Waals surface area contributed by atoms with E-state index in [9.17, 15) is 14.0 Å². The molecule has 1 amide bonds. The number of nitrogens with zero attached hydrogens (tertiary/aromatic N) is 7. The maximum Gasteiger partial charge on any atom is 0.308 e. The lowest BCUT2D eigenvalue weighted by molar-refractivity contribution is 0.0973. The average molecular weight is 579 g/mol. The van der Waals surface area contributed by atoms with Crippen molar-refractivity contribution in [3.05, 3.63) is 93.2 Å². The van der Waals surface area contributed by atoms with Crippen molar-refractivity contribution in [2.45, 2.75) is 6.54 Å². The first-order valence-corrected chi connectivity index (χ1v) is 12.2. The van der Waals surface area contributed by atoms with E-state index in [1.54, 1.807) is 24.3 Å². The van der Waals surface area contributed by atoms with E-state index in [2.05, 4.69) is 36.1 Å². The number of rotatable bonds is 7. The Morgan fingerprint density at radius 2 is 1.98 bits per heavy atom. The van der Waals surface area contributed by atoms with E-state index in [0.717, 1.165) is 12.1 Å². The normalized spacial score (nSPS) is 11.2. The summed E-state index contributed by atoms with van der Waals surface area (Å²) in [7, 11) is 1.53. The van der Waals surface area contributed by atoms with Crippen LogP contribution in [-0.4, -0.2) is 45.9 Å². The van der Waals surface area contributed by atoms with Gasteiger partial charge in [0.1, 0.15) is 11.6 Å². The number of halogens is 3. The molecule has 0 saturated carbocycles. The van der Waals surface area contributed by atoms with Gasteiger partial charge in [0, 0.05) is 16.8 Å². The number of amides is 1. The topological polar surface area (TPSA) is 161 Å². The van der Waals surface area contributed by atoms with Crippen LogP contribution in [0.4, 0.5) is 14.7 Å². The number of tetrazole rings is 1. The Morgan fingerprint density at radius 1 is 1.15 bits per heavy atom. The molecule has 13 nitrogen and oxygen atoms in total. The van der Waals surface area contributed by atoms with E-state index in [0.29, 0.717) is 11.0 Å². The van der Waals surface area contributed by atoms with Crippen molar-refractivity contribution in [3.63, 3.8) is 0 Å². The first kappa shape index (κ1) is 25.8. The van der Waals surface area contributed by atoms with Crippen LogP contribution in [0.2, 0.25) is 5.02 Å². The number of carbonyl (C=O) groups excluding carboxylic acids is 1. The monoisotopic (exact) mass is 578 g/mol. The van der Waals surface area contributed by atoms with E-state index in [1.807, 2.05) is 5.16 Å². The van der Waals surface area contributed by atoms with Gasteiger partial charge in [-0.3, -0.25) is 20.0 Å². The van der Waals surface area contributed by atoms with Gasteiger partial charge in [0.15, 0.2) is 0 Å². The molecule has 0 atom stereocenters. The number of anilines is 1. The number of H-pyrrole nitrogens is 1. The molecule has 0 bridgehead atoms. The largest absolute Gasteiger partial charge is 0.373 e. The first-order valence-electron chi connectivity index (χ1n) is 11.9. The van der Waals surface area contributed by atoms with Gasteiger partial charge in [0.05, 0.1) is 41.9 Å². The van der Waals surface area contributed by atoms with Crippen molar-refractivity contribution < 1.29 is 18.1 Å². The maximum absolute atomic E-state index is 15.3. The van der Waals surface area contributed by atoms with Gasteiger partial charge < -0.3 is 9.84 Å². The quantitative estimate of drug-likeness (QED) is 0.257. The van der Waals surface area contributed by atoms with Gasteiger partial charge in [0.25, 0.3) is 5.56 Å². The summed E-state index contributed by atoms with van der Waals surface area (Å²) in [6.07, 6.45) is 1.36. The van der Waals surface area contributed by atoms with Crippen LogP contribution in [0.3, 0.4) is 0 Å². The Morgan fingerprint density at radius 3 is 2.71 bits per heavy atom. The van der Waals surface area contributed by atoms with E-state index < -0.39 is 23.1 Å². The Hall–Kier alpha value is -5.44. The third-order valence-corrected chi connectivity index (χ3v) is 6.17. The fourth-order valence-electron chi connectivity index (χ4n) is 4.13. The molecule has 41 heavy (non-hydrogen) atoms. The number of hydrogen-bond acceptors (Lipinski definition) is 9. The standard InChI is InChI=1S/C25H17ClF2N10O3/c1-37-33-23(32-36-37)22-14(7-13(26)8-16(22)28)12-6-15(27)18(29-10-12)11-30-25-31-17-4-2-3-5-19(17)38(25)34-24(40)20-9-21(39)35-41-20/h2-10H,11H2,1H3,(H,30,31)(H,34,40)(H,35,39). The summed E-state index contributed by atoms with van der Waals surface area (Å²) in [6, 6.07) is 11.7. The van der Waals surface area contributed by atoms with E-state index in [1.165, 1.54) is 34.8 Å². The van der Waals surface area contributed by atoms with Crippen LogP contribution in [0.25, 0.3) is 33.5 Å². The fourth-order valence-corrected chi connectivity index (χ4v) is 4.33. The summed E-state index contributed by atoms with van der Waals surface area (Å²) in [4.78, 5) is 33.8. The van der Waals surface area contributed by atoms with Crippen molar-refractivity contribution in [1.82, 2.24) is 40.0 Å². The van der Waals surface area contributed by atoms with Gasteiger partial charge in [-0.25, -0.2) is 18.4 Å². The molecule has 4 aromatic heterocycles. The summed E-state index contributed by atoms with van der Waals surface area (Å²) >= 11 is 6.09. The van der Waals surface area contributed by atoms with Crippen molar-refractivity contribution in [3.8, 4) is 22.5 Å². The van der Waals surface area contributed by atoms with Gasteiger partial charge in [-0.1, -0.05) is 23.7 Å². The molecule has 0 saturated heterocycles. The van der Waals surface area contributed by atoms with Crippen LogP contribution >= 0.6 is 11.6 Å². The average Bonchev–Trinajstić information content (AvgIpc) is 3.66. The molecule has 4 heterocycles. The second kappa shape index (κ2) is 10.3. The number of aromatic nitrogens is 8. The predicted octanol–water partition coefficient (Wildman–Crippen LogP) is 3.50. The van der Waals surface area contributed by atoms with Gasteiger partial charge in [-0.05, 0) is 41.1 Å². The molecule has 0 fully saturated rings. The minimum Gasteiger partial charge on any atom is -0.373 e. The zero-order chi connectivity index (χ0) is 28.7. The van der Waals surface area contributed by atoms with Crippen molar-refractivity contribution in [1.29, 1.82) is 0 Å². The third kappa shape index (κ3) is 5.00. The van der Waals surface area contributed by atoms with Crippen molar-refractivity contribution in [2.75, 3.05) is 10.7 Å². The SMILES string of the molecule is Cn1nnc(-c2c(F)cc(Cl)cc2-c2cnc(CNc3nc4ccccc4n3NC(=O)c3cc(=O)[nH]o3)c(F)c2)n1. The lowest BCUT2D eigenvalue weighted by atomic mass is 9.99. The summed E-state index contributed by atoms with van der Waals surface area (Å²) in [5, 5.41) is 16.8. The van der Waals surface area contributed by atoms with Crippen LogP contribution in [-0.2, 0) is 13.6 Å². The summed E-state index contributed by atoms with van der Waals surface area (Å²) in [6.45, 7) is -0.132. The predicted molar refractivity (Wildman–Crippen MR) is 142 cm³/mol. The fraction of sp³-hybridized carbons (Fsp3) is 0.0800. The maximum atomic E-state index is 15.3. The number of aromatic amines is 1. The van der Waals surface area contributed by atoms with Crippen molar-refractivity contribution >= 4 is 34.5 Å². The number of aryl methyl sites for hydroxylation is 1.